The number of nitrogens with zero attached hydrogens (tertiary/aromatic N) is 3. The van der Waals surface area contributed by atoms with Gasteiger partial charge in [0.15, 0.2) is 0 Å². The zero-order valence-electron chi connectivity index (χ0n) is 14.9. The highest BCUT2D eigenvalue weighted by atomic mass is 32.1. The van der Waals surface area contributed by atoms with Crippen molar-refractivity contribution < 1.29 is 14.4 Å². The van der Waals surface area contributed by atoms with E-state index >= 15 is 0 Å². The number of anilines is 1. The maximum atomic E-state index is 12.0. The van der Waals surface area contributed by atoms with Crippen LogP contribution in [-0.2, 0) is 16.1 Å². The summed E-state index contributed by atoms with van der Waals surface area (Å²) in [5.74, 6) is 0.770. The van der Waals surface area contributed by atoms with Gasteiger partial charge in [-0.2, -0.15) is 5.06 Å². The summed E-state index contributed by atoms with van der Waals surface area (Å²) in [6, 6.07) is 7.94. The lowest BCUT2D eigenvalue weighted by Crippen LogP contribution is -2.32. The van der Waals surface area contributed by atoms with Crippen molar-refractivity contribution in [1.82, 2.24) is 15.3 Å². The molecule has 1 aliphatic heterocycles. The van der Waals surface area contributed by atoms with Crippen molar-refractivity contribution in [2.24, 2.45) is 0 Å². The lowest BCUT2D eigenvalue weighted by molar-refractivity contribution is -0.181. The third-order valence-electron chi connectivity index (χ3n) is 3.98. The van der Waals surface area contributed by atoms with E-state index in [1.54, 1.807) is 0 Å². The van der Waals surface area contributed by atoms with Crippen molar-refractivity contribution in [3.05, 3.63) is 34.8 Å². The van der Waals surface area contributed by atoms with Crippen LogP contribution in [0.4, 0.5) is 5.13 Å². The molecule has 1 aromatic heterocycles. The number of benzene rings is 1. The van der Waals surface area contributed by atoms with Gasteiger partial charge in [0.05, 0.1) is 13.2 Å². The number of aryl methyl sites for hydroxylation is 1. The molecular weight excluding hydrogens is 352 g/mol. The third-order valence-corrected chi connectivity index (χ3v) is 4.88. The molecule has 1 fully saturated rings. The van der Waals surface area contributed by atoms with Gasteiger partial charge in [-0.25, -0.2) is 0 Å². The molecule has 140 valence electrons. The van der Waals surface area contributed by atoms with E-state index < -0.39 is 0 Å². The van der Waals surface area contributed by atoms with Crippen LogP contribution in [0.15, 0.2) is 24.3 Å². The molecule has 8 heteroatoms. The van der Waals surface area contributed by atoms with Crippen molar-refractivity contribution in [3.8, 4) is 5.75 Å². The average molecular weight is 376 g/mol. The van der Waals surface area contributed by atoms with Crippen LogP contribution >= 0.6 is 11.3 Å². The van der Waals surface area contributed by atoms with Gasteiger partial charge >= 0.3 is 0 Å². The second-order valence-corrected chi connectivity index (χ2v) is 7.24. The lowest BCUT2D eigenvalue weighted by Gasteiger charge is -2.25. The Morgan fingerprint density at radius 1 is 1.31 bits per heavy atom. The Morgan fingerprint density at radius 2 is 2.15 bits per heavy atom. The first kappa shape index (κ1) is 18.8. The van der Waals surface area contributed by atoms with Gasteiger partial charge in [-0.3, -0.25) is 9.63 Å². The summed E-state index contributed by atoms with van der Waals surface area (Å²) in [7, 11) is 0. The summed E-state index contributed by atoms with van der Waals surface area (Å²) in [6.45, 7) is 4.80. The maximum Gasteiger partial charge on any atom is 0.227 e. The number of ether oxygens (including phenoxy) is 1. The Hall–Kier alpha value is -2.03. The Kier molecular flexibility index (Phi) is 6.93. The molecule has 2 heterocycles. The number of carbonyl (C=O) groups is 1. The summed E-state index contributed by atoms with van der Waals surface area (Å²) in [6.07, 6.45) is 3.24. The second kappa shape index (κ2) is 9.61. The monoisotopic (exact) mass is 376 g/mol. The first-order valence-corrected chi connectivity index (χ1v) is 9.70. The molecule has 7 nitrogen and oxygen atoms in total. The van der Waals surface area contributed by atoms with Crippen LogP contribution in [0.3, 0.4) is 0 Å². The van der Waals surface area contributed by atoms with Crippen molar-refractivity contribution >= 4 is 22.4 Å². The summed E-state index contributed by atoms with van der Waals surface area (Å²) < 4.78 is 5.69. The first-order valence-electron chi connectivity index (χ1n) is 8.88. The van der Waals surface area contributed by atoms with Crippen LogP contribution in [0, 0.1) is 6.92 Å². The first-order chi connectivity index (χ1) is 12.7. The van der Waals surface area contributed by atoms with E-state index in [9.17, 15) is 4.79 Å². The smallest absolute Gasteiger partial charge is 0.227 e. The fourth-order valence-electron chi connectivity index (χ4n) is 2.53. The number of hydroxylamine groups is 2. The molecule has 0 saturated carbocycles. The second-order valence-electron chi connectivity index (χ2n) is 6.18. The van der Waals surface area contributed by atoms with Crippen LogP contribution in [-0.4, -0.2) is 47.5 Å². The number of carbonyl (C=O) groups excluding carboxylic acids is 1. The average Bonchev–Trinajstić information content (AvgIpc) is 3.10. The summed E-state index contributed by atoms with van der Waals surface area (Å²) in [5, 5.41) is 14.2. The van der Waals surface area contributed by atoms with E-state index in [0.717, 1.165) is 36.8 Å². The molecule has 0 bridgehead atoms. The largest absolute Gasteiger partial charge is 0.493 e. The van der Waals surface area contributed by atoms with Crippen LogP contribution in [0.5, 0.6) is 5.75 Å². The fraction of sp³-hybridized carbons (Fsp3) is 0.500. The lowest BCUT2D eigenvalue weighted by atomic mass is 10.2. The van der Waals surface area contributed by atoms with Crippen LogP contribution in [0.25, 0.3) is 0 Å². The van der Waals surface area contributed by atoms with E-state index in [1.165, 1.54) is 16.9 Å². The molecule has 0 radical (unpaired) electrons. The highest BCUT2D eigenvalue weighted by molar-refractivity contribution is 7.15. The van der Waals surface area contributed by atoms with Gasteiger partial charge in [-0.15, -0.1) is 10.2 Å². The number of nitrogens with one attached hydrogen (secondary N) is 1. The van der Waals surface area contributed by atoms with E-state index in [-0.39, 0.29) is 5.91 Å². The number of amides is 1. The Labute approximate surface area is 157 Å². The molecule has 0 aliphatic carbocycles. The number of hydrogen-bond donors (Lipinski definition) is 1. The number of rotatable bonds is 8. The molecular formula is C18H24N4O3S. The normalized spacial score (nSPS) is 15.0. The van der Waals surface area contributed by atoms with E-state index in [0.29, 0.717) is 31.1 Å². The zero-order valence-corrected chi connectivity index (χ0v) is 15.8. The molecule has 0 spiro atoms. The van der Waals surface area contributed by atoms with Crippen molar-refractivity contribution in [2.75, 3.05) is 31.6 Å². The molecule has 3 rings (SSSR count). The minimum Gasteiger partial charge on any atom is -0.493 e. The van der Waals surface area contributed by atoms with E-state index in [4.69, 9.17) is 9.57 Å². The fourth-order valence-corrected chi connectivity index (χ4v) is 3.27. The third kappa shape index (κ3) is 6.05. The Bertz CT molecular complexity index is 699. The standard InChI is InChI=1S/C18H24N4O3S/c1-14-4-6-15(7-5-14)24-13-9-17-20-21-18(26-17)19-16(23)8-11-22-10-2-3-12-25-22/h4-7H,2-3,8-13H2,1H3,(H,19,21,23). The van der Waals surface area contributed by atoms with Crippen molar-refractivity contribution in [2.45, 2.75) is 32.6 Å². The minimum absolute atomic E-state index is 0.0715. The predicted molar refractivity (Wildman–Crippen MR) is 100 cm³/mol. The van der Waals surface area contributed by atoms with E-state index in [2.05, 4.69) is 15.5 Å². The van der Waals surface area contributed by atoms with Crippen LogP contribution in [0.2, 0.25) is 0 Å². The molecule has 0 unspecified atom stereocenters. The molecule has 1 aromatic carbocycles. The van der Waals surface area contributed by atoms with Gasteiger partial charge in [0.1, 0.15) is 10.8 Å². The number of aromatic nitrogens is 2. The molecule has 26 heavy (non-hydrogen) atoms. The molecule has 1 saturated heterocycles. The van der Waals surface area contributed by atoms with Crippen LogP contribution < -0.4 is 10.1 Å². The predicted octanol–water partition coefficient (Wildman–Crippen LogP) is 2.82. The maximum absolute atomic E-state index is 12.0. The minimum atomic E-state index is -0.0715. The molecule has 1 N–H and O–H groups in total. The van der Waals surface area contributed by atoms with Crippen molar-refractivity contribution in [3.63, 3.8) is 0 Å². The Balaban J connectivity index is 1.36. The molecule has 2 aromatic rings. The quantitative estimate of drug-likeness (QED) is 0.763. The van der Waals surface area contributed by atoms with E-state index in [1.807, 2.05) is 36.3 Å². The summed E-state index contributed by atoms with van der Waals surface area (Å²) >= 11 is 1.38. The summed E-state index contributed by atoms with van der Waals surface area (Å²) in [5.41, 5.74) is 1.20. The molecule has 1 aliphatic rings. The van der Waals surface area contributed by atoms with Gasteiger partial charge < -0.3 is 10.1 Å². The van der Waals surface area contributed by atoms with Gasteiger partial charge in [-0.1, -0.05) is 29.0 Å². The molecule has 0 atom stereocenters. The van der Waals surface area contributed by atoms with Gasteiger partial charge in [0.25, 0.3) is 0 Å². The Morgan fingerprint density at radius 3 is 2.92 bits per heavy atom. The number of hydrogen-bond acceptors (Lipinski definition) is 7. The van der Waals surface area contributed by atoms with Crippen molar-refractivity contribution in [1.29, 1.82) is 0 Å². The van der Waals surface area contributed by atoms with Crippen LogP contribution in [0.1, 0.15) is 29.8 Å². The van der Waals surface area contributed by atoms with Gasteiger partial charge in [0.2, 0.25) is 11.0 Å². The topological polar surface area (TPSA) is 76.6 Å². The highest BCUT2D eigenvalue weighted by Crippen LogP contribution is 2.17. The van der Waals surface area contributed by atoms with Gasteiger partial charge in [-0.05, 0) is 31.9 Å². The summed E-state index contributed by atoms with van der Waals surface area (Å²) in [4.78, 5) is 17.5. The van der Waals surface area contributed by atoms with Gasteiger partial charge in [0, 0.05) is 25.9 Å². The zero-order chi connectivity index (χ0) is 18.2. The molecule has 1 amide bonds. The highest BCUT2D eigenvalue weighted by Gasteiger charge is 2.14. The SMILES string of the molecule is Cc1ccc(OCCc2nnc(NC(=O)CCN3CCCCO3)s2)cc1.